The average molecular weight is 332 g/mol. The van der Waals surface area contributed by atoms with Gasteiger partial charge in [-0.3, -0.25) is 9.59 Å². The van der Waals surface area contributed by atoms with Crippen molar-refractivity contribution in [3.63, 3.8) is 0 Å². The zero-order chi connectivity index (χ0) is 16.4. The van der Waals surface area contributed by atoms with Crippen LogP contribution in [0, 0.1) is 0 Å². The van der Waals surface area contributed by atoms with E-state index in [1.54, 1.807) is 11.8 Å². The lowest BCUT2D eigenvalue weighted by Crippen LogP contribution is -2.57. The molecule has 0 aliphatic carbocycles. The largest absolute Gasteiger partial charge is 0.341 e. The lowest BCUT2D eigenvalue weighted by Gasteiger charge is -2.40. The van der Waals surface area contributed by atoms with E-state index >= 15 is 0 Å². The molecule has 124 valence electrons. The highest BCUT2D eigenvalue weighted by Crippen LogP contribution is 2.46. The molecular formula is C18H24N2O2S. The molecule has 1 atom stereocenters. The third kappa shape index (κ3) is 2.87. The fourth-order valence-electron chi connectivity index (χ4n) is 3.42. The van der Waals surface area contributed by atoms with Gasteiger partial charge in [-0.15, -0.1) is 0 Å². The topological polar surface area (TPSA) is 40.6 Å². The molecule has 0 radical (unpaired) electrons. The van der Waals surface area contributed by atoms with E-state index in [2.05, 4.69) is 0 Å². The van der Waals surface area contributed by atoms with Crippen LogP contribution >= 0.6 is 11.8 Å². The quantitative estimate of drug-likeness (QED) is 0.780. The van der Waals surface area contributed by atoms with Gasteiger partial charge in [0.25, 0.3) is 5.91 Å². The van der Waals surface area contributed by atoms with Crippen molar-refractivity contribution in [1.29, 1.82) is 0 Å². The van der Waals surface area contributed by atoms with Crippen LogP contribution in [0.25, 0.3) is 0 Å². The fourth-order valence-corrected chi connectivity index (χ4v) is 4.70. The van der Waals surface area contributed by atoms with Gasteiger partial charge in [0.05, 0.1) is 5.69 Å². The molecule has 0 bridgehead atoms. The highest BCUT2D eigenvalue weighted by Gasteiger charge is 2.50. The molecule has 0 saturated carbocycles. The van der Waals surface area contributed by atoms with Crippen LogP contribution in [0.15, 0.2) is 29.2 Å². The maximum Gasteiger partial charge on any atom is 0.252 e. The number of benzene rings is 1. The second-order valence-corrected chi connectivity index (χ2v) is 7.82. The van der Waals surface area contributed by atoms with E-state index in [1.165, 1.54) is 24.6 Å². The molecule has 2 heterocycles. The number of anilines is 1. The summed E-state index contributed by atoms with van der Waals surface area (Å²) in [5.74, 6) is -0.111. The Morgan fingerprint density at radius 1 is 1.17 bits per heavy atom. The maximum absolute atomic E-state index is 13.2. The van der Waals surface area contributed by atoms with Crippen molar-refractivity contribution in [2.24, 2.45) is 0 Å². The van der Waals surface area contributed by atoms with Gasteiger partial charge in [-0.1, -0.05) is 36.7 Å². The number of thioether (sulfide) groups is 1. The molecule has 3 rings (SSSR count). The number of carbonyl (C=O) groups excluding carboxylic acids is 2. The van der Waals surface area contributed by atoms with Gasteiger partial charge in [-0.2, -0.15) is 0 Å². The lowest BCUT2D eigenvalue weighted by molar-refractivity contribution is -0.138. The van der Waals surface area contributed by atoms with E-state index in [0.29, 0.717) is 6.54 Å². The van der Waals surface area contributed by atoms with Crippen LogP contribution in [0.4, 0.5) is 5.69 Å². The number of para-hydroxylation sites is 1. The third-order valence-electron chi connectivity index (χ3n) is 4.74. The minimum atomic E-state index is -1.05. The van der Waals surface area contributed by atoms with E-state index in [9.17, 15) is 9.59 Å². The second-order valence-electron chi connectivity index (χ2n) is 6.36. The molecule has 1 aromatic carbocycles. The lowest BCUT2D eigenvalue weighted by atomic mass is 10.1. The first-order valence-corrected chi connectivity index (χ1v) is 9.29. The predicted molar refractivity (Wildman–Crippen MR) is 93.8 cm³/mol. The summed E-state index contributed by atoms with van der Waals surface area (Å²) >= 11 is 1.41. The summed E-state index contributed by atoms with van der Waals surface area (Å²) in [5.41, 5.74) is 0.922. The number of hydrogen-bond donors (Lipinski definition) is 0. The van der Waals surface area contributed by atoms with Gasteiger partial charge < -0.3 is 9.80 Å². The Hall–Kier alpha value is -1.49. The van der Waals surface area contributed by atoms with E-state index in [0.717, 1.165) is 36.5 Å². The highest BCUT2D eigenvalue weighted by atomic mass is 32.2. The van der Waals surface area contributed by atoms with Crippen LogP contribution in [-0.4, -0.2) is 41.1 Å². The van der Waals surface area contributed by atoms with Crippen LogP contribution in [0.2, 0.25) is 0 Å². The first-order valence-electron chi connectivity index (χ1n) is 8.47. The number of carbonyl (C=O) groups is 2. The number of fused-ring (bicyclic) bond motifs is 1. The molecule has 1 saturated heterocycles. The summed E-state index contributed by atoms with van der Waals surface area (Å²) in [6.45, 7) is 5.89. The Morgan fingerprint density at radius 3 is 2.48 bits per heavy atom. The maximum atomic E-state index is 13.2. The molecule has 0 spiro atoms. The number of likely N-dealkylation sites (tertiary alicyclic amines) is 1. The number of amides is 2. The molecular weight excluding hydrogens is 308 g/mol. The summed E-state index contributed by atoms with van der Waals surface area (Å²) in [6, 6.07) is 7.86. The fraction of sp³-hybridized carbons (Fsp3) is 0.556. The van der Waals surface area contributed by atoms with Crippen molar-refractivity contribution in [2.45, 2.75) is 49.2 Å². The van der Waals surface area contributed by atoms with E-state index in [-0.39, 0.29) is 11.8 Å². The normalized spacial score (nSPS) is 25.0. The van der Waals surface area contributed by atoms with Gasteiger partial charge in [0, 0.05) is 24.5 Å². The van der Waals surface area contributed by atoms with Crippen molar-refractivity contribution in [3.8, 4) is 0 Å². The Balaban J connectivity index is 1.94. The summed E-state index contributed by atoms with van der Waals surface area (Å²) in [6.07, 6.45) is 4.42. The average Bonchev–Trinajstić information content (AvgIpc) is 2.84. The Bertz CT molecular complexity index is 611. The zero-order valence-electron chi connectivity index (χ0n) is 13.9. The molecule has 4 nitrogen and oxygen atoms in total. The Morgan fingerprint density at radius 2 is 1.83 bits per heavy atom. The minimum absolute atomic E-state index is 0.0256. The van der Waals surface area contributed by atoms with Gasteiger partial charge in [0.1, 0.15) is 0 Å². The molecule has 2 aliphatic heterocycles. The molecule has 0 aromatic heterocycles. The molecule has 1 fully saturated rings. The number of hydrogen-bond acceptors (Lipinski definition) is 3. The van der Waals surface area contributed by atoms with Crippen LogP contribution in [-0.2, 0) is 9.59 Å². The van der Waals surface area contributed by atoms with Gasteiger partial charge in [0.2, 0.25) is 5.91 Å². The second kappa shape index (κ2) is 6.56. The predicted octanol–water partition coefficient (Wildman–Crippen LogP) is 3.31. The van der Waals surface area contributed by atoms with Crippen LogP contribution in [0.1, 0.15) is 39.5 Å². The summed E-state index contributed by atoms with van der Waals surface area (Å²) in [5, 5.41) is 0. The van der Waals surface area contributed by atoms with Gasteiger partial charge >= 0.3 is 0 Å². The van der Waals surface area contributed by atoms with Crippen molar-refractivity contribution >= 4 is 29.3 Å². The molecule has 1 aromatic rings. The summed E-state index contributed by atoms with van der Waals surface area (Å²) < 4.78 is -1.05. The summed E-state index contributed by atoms with van der Waals surface area (Å²) in [4.78, 5) is 30.9. The van der Waals surface area contributed by atoms with Crippen LogP contribution in [0.5, 0.6) is 0 Å². The zero-order valence-corrected chi connectivity index (χ0v) is 14.7. The number of rotatable bonds is 2. The smallest absolute Gasteiger partial charge is 0.252 e. The number of nitrogens with zero attached hydrogens (tertiary/aromatic N) is 2. The van der Waals surface area contributed by atoms with E-state index < -0.39 is 4.75 Å². The van der Waals surface area contributed by atoms with E-state index in [1.807, 2.05) is 36.1 Å². The first kappa shape index (κ1) is 16.4. The third-order valence-corrected chi connectivity index (χ3v) is 6.06. The van der Waals surface area contributed by atoms with Crippen LogP contribution in [0.3, 0.4) is 0 Å². The van der Waals surface area contributed by atoms with Gasteiger partial charge in [-0.05, 0) is 38.8 Å². The standard InChI is InChI=1S/C18H24N2O2S/c1-3-20-14-10-6-7-11-15(14)23-18(2,17(20)22)16(21)19-12-8-4-5-9-13-19/h6-7,10-11H,3-5,8-9,12-13H2,1-2H3. The monoisotopic (exact) mass is 332 g/mol. The van der Waals surface area contributed by atoms with Crippen LogP contribution < -0.4 is 4.90 Å². The molecule has 0 N–H and O–H groups in total. The van der Waals surface area contributed by atoms with Crippen molar-refractivity contribution in [2.75, 3.05) is 24.5 Å². The SMILES string of the molecule is CCN1C(=O)C(C)(C(=O)N2CCCCCC2)Sc2ccccc21. The molecule has 5 heteroatoms. The molecule has 23 heavy (non-hydrogen) atoms. The highest BCUT2D eigenvalue weighted by molar-refractivity contribution is 8.02. The Kier molecular flexibility index (Phi) is 4.67. The van der Waals surface area contributed by atoms with Crippen molar-refractivity contribution in [1.82, 2.24) is 4.90 Å². The minimum Gasteiger partial charge on any atom is -0.341 e. The summed E-state index contributed by atoms with van der Waals surface area (Å²) in [7, 11) is 0. The van der Waals surface area contributed by atoms with Crippen molar-refractivity contribution < 1.29 is 9.59 Å². The van der Waals surface area contributed by atoms with Crippen molar-refractivity contribution in [3.05, 3.63) is 24.3 Å². The molecule has 1 unspecified atom stereocenters. The molecule has 2 aliphatic rings. The Labute approximate surface area is 142 Å². The van der Waals surface area contributed by atoms with Gasteiger partial charge in [-0.25, -0.2) is 0 Å². The first-order chi connectivity index (χ1) is 11.1. The molecule has 2 amide bonds. The van der Waals surface area contributed by atoms with E-state index in [4.69, 9.17) is 0 Å². The van der Waals surface area contributed by atoms with Gasteiger partial charge in [0.15, 0.2) is 4.75 Å².